The number of Topliss-reactive ketones (excluding diaryl/α,β-unsaturated/α-hetero) is 7. The summed E-state index contributed by atoms with van der Waals surface area (Å²) in [6.45, 7) is 9.59. The first-order chi connectivity index (χ1) is 69.8. The quantitative estimate of drug-likeness (QED) is 0.0360. The van der Waals surface area contributed by atoms with E-state index in [-0.39, 0.29) is 82.4 Å². The molecule has 144 heavy (non-hydrogen) atoms. The maximum atomic E-state index is 13.3. The lowest BCUT2D eigenvalue weighted by atomic mass is 9.82. The van der Waals surface area contributed by atoms with Gasteiger partial charge in [-0.25, -0.2) is 19.9 Å². The zero-order valence-corrected chi connectivity index (χ0v) is 84.1. The molecule has 0 saturated heterocycles. The van der Waals surface area contributed by atoms with Gasteiger partial charge in [-0.1, -0.05) is 101 Å². The average Bonchev–Trinajstić information content (AvgIpc) is 1.61. The van der Waals surface area contributed by atoms with E-state index in [0.717, 1.165) is 221 Å². The minimum Gasteiger partial charge on any atom is -0.321 e. The number of carbonyl (C=O) groups is 7. The summed E-state index contributed by atoms with van der Waals surface area (Å²) in [6.07, 6.45) is 26.7. The number of thiophene rings is 4. The first-order valence-electron chi connectivity index (χ1n) is 49.3. The highest BCUT2D eigenvalue weighted by Crippen LogP contribution is 2.48. The Morgan fingerprint density at radius 3 is 0.965 bits per heavy atom. The number of alkyl halides is 3. The van der Waals surface area contributed by atoms with Crippen molar-refractivity contribution in [3.63, 3.8) is 0 Å². The summed E-state index contributed by atoms with van der Waals surface area (Å²) in [4.78, 5) is 120. The molecule has 0 N–H and O–H groups in total. The molecule has 4 aliphatic carbocycles. The van der Waals surface area contributed by atoms with Gasteiger partial charge in [-0.2, -0.15) is 29.0 Å². The molecule has 4 aliphatic rings. The molecular weight excluding hydrogens is 1880 g/mol. The second kappa shape index (κ2) is 45.4. The largest absolute Gasteiger partial charge is 0.416 e. The van der Waals surface area contributed by atoms with Crippen molar-refractivity contribution in [1.29, 1.82) is 15.8 Å². The lowest BCUT2D eigenvalue weighted by Gasteiger charge is -2.31. The van der Waals surface area contributed by atoms with Crippen LogP contribution in [-0.4, -0.2) is 83.7 Å². The standard InChI is InChI=1S/2C31H27N3O2S.C30H29N3O2S.C26H24F3N3OS/c2*1-3-24-13-15-30(37-24)29(36)17-20-8-7-10-23(16-20)34-27-14-12-21(28(35)4-2)18-26(27)33-31(34)25-11-6-5-9-22(25)19-32;1-3-27(34)21-12-13-26-25(17-21)32-30(24-10-5-4-8-22(24)18-31)33(26)23-9-6-7-20(15-23)16-28(35)29-14-11-19(2)36-29;1-16-8-11-24(34-16)23(33)14-17-5-4-6-19(13-17)32-22-10-9-18(26(27,28)29)15-21(22)31-25(32)20-7-2-3-12-30-20/h2*1,5-6,9,11-15,18,20,23H,4,7-8,10,16-17H2,2H3;4-5,8,10-14,17,20,23H,3,6-7,9,15-16H2,1-2H3;2-3,7-12,15,17,19H,4-6,13-14H2,1H3/t3*20-,23+;17-,19+/m1110/s1. The molecule has 0 aliphatic heterocycles. The van der Waals surface area contributed by atoms with Gasteiger partial charge in [0.15, 0.2) is 46.3 Å². The van der Waals surface area contributed by atoms with Gasteiger partial charge in [-0.05, 0) is 284 Å². The summed E-state index contributed by atoms with van der Waals surface area (Å²) >= 11 is 5.85. The second-order valence-corrected chi connectivity index (χ2v) is 42.5. The first kappa shape index (κ1) is 101. The van der Waals surface area contributed by atoms with Gasteiger partial charge in [0, 0.05) is 118 Å². The number of fused-ring (bicyclic) bond motifs is 4. The Kier molecular flexibility index (Phi) is 31.8. The number of ketones is 7. The normalized spacial score (nSPS) is 17.8. The summed E-state index contributed by atoms with van der Waals surface area (Å²) in [5, 5.41) is 29.4. The van der Waals surface area contributed by atoms with Crippen molar-refractivity contribution in [3.8, 4) is 88.6 Å². The molecule has 0 bridgehead atoms. The number of carbonyl (C=O) groups excluding carboxylic acids is 7. The van der Waals surface area contributed by atoms with Gasteiger partial charge in [0.1, 0.15) is 23.2 Å². The highest BCUT2D eigenvalue weighted by Gasteiger charge is 2.38. The number of nitrogens with zero attached hydrogens (tertiary/aromatic N) is 12. The van der Waals surface area contributed by atoms with E-state index in [1.54, 1.807) is 35.7 Å². The number of benzene rings is 7. The Hall–Kier alpha value is -14.6. The molecule has 4 fully saturated rings. The minimum absolute atomic E-state index is 0.0374. The molecule has 26 heteroatoms. The lowest BCUT2D eigenvalue weighted by molar-refractivity contribution is -0.137. The number of aromatic nitrogens is 9. The maximum Gasteiger partial charge on any atom is 0.416 e. The van der Waals surface area contributed by atoms with E-state index in [0.29, 0.717) is 107 Å². The zero-order chi connectivity index (χ0) is 101. The molecule has 0 radical (unpaired) electrons. The third-order valence-corrected chi connectivity index (χ3v) is 32.4. The van der Waals surface area contributed by atoms with E-state index in [4.69, 9.17) is 27.8 Å². The molecule has 16 aromatic rings. The number of imidazole rings is 4. The predicted molar refractivity (Wildman–Crippen MR) is 564 cm³/mol. The lowest BCUT2D eigenvalue weighted by Crippen LogP contribution is -2.22. The predicted octanol–water partition coefficient (Wildman–Crippen LogP) is 29.5. The van der Waals surface area contributed by atoms with Crippen LogP contribution in [-0.2, 0) is 6.18 Å². The van der Waals surface area contributed by atoms with Gasteiger partial charge in [-0.3, -0.25) is 38.5 Å². The molecule has 9 aromatic heterocycles. The van der Waals surface area contributed by atoms with Crippen molar-refractivity contribution in [2.45, 2.75) is 213 Å². The molecule has 7 aromatic carbocycles. The zero-order valence-electron chi connectivity index (χ0n) is 80.8. The van der Waals surface area contributed by atoms with E-state index < -0.39 is 11.7 Å². The fourth-order valence-electron chi connectivity index (χ4n) is 21.2. The summed E-state index contributed by atoms with van der Waals surface area (Å²) < 4.78 is 48.8. The number of halogens is 3. The Labute approximate surface area is 851 Å². The SMILES string of the molecule is C#Cc1ccc(C(=O)C[C@@H]2CCC[C@H](n3c(-c4ccccc4C#N)nc4cc(C(=O)CC)ccc43)C2)s1.C#Cc1ccc(C(=O)C[C@@H]2CCC[C@H](n3c(-c4ccccc4C#N)nc4cc(C(=O)CC)ccc43)C2)s1.CCC(=O)c1ccc2c(c1)nc(-c1ccccc1C#N)n2[C@H]1CCC[C@@H](CC(=O)c2ccc(C)s2)C1.Cc1ccc(C(=O)C[C@H]2CCC[C@@H](n3c(-c4ccccn4)nc4cc(C(F)(F)F)ccc43)C2)s1. The monoisotopic (exact) mass is 1990 g/mol. The van der Waals surface area contributed by atoms with E-state index in [1.165, 1.54) is 40.1 Å². The van der Waals surface area contributed by atoms with Crippen LogP contribution in [0.2, 0.25) is 0 Å². The third-order valence-electron chi connectivity index (χ3n) is 28.2. The average molecular weight is 1990 g/mol. The number of pyridine rings is 1. The van der Waals surface area contributed by atoms with Crippen LogP contribution >= 0.6 is 45.3 Å². The van der Waals surface area contributed by atoms with Crippen LogP contribution in [0.25, 0.3) is 89.8 Å². The van der Waals surface area contributed by atoms with E-state index in [1.807, 2.05) is 215 Å². The van der Waals surface area contributed by atoms with Crippen molar-refractivity contribution in [2.75, 3.05) is 0 Å². The van der Waals surface area contributed by atoms with Gasteiger partial charge >= 0.3 is 6.18 Å². The third kappa shape index (κ3) is 22.6. The summed E-state index contributed by atoms with van der Waals surface area (Å²) in [5.74, 6) is 9.96. The number of rotatable bonds is 26. The van der Waals surface area contributed by atoms with Gasteiger partial charge in [0.2, 0.25) is 0 Å². The van der Waals surface area contributed by atoms with Gasteiger partial charge in [0.25, 0.3) is 0 Å². The van der Waals surface area contributed by atoms with Crippen LogP contribution in [0.15, 0.2) is 219 Å². The van der Waals surface area contributed by atoms with E-state index in [2.05, 4.69) is 53.7 Å². The van der Waals surface area contributed by atoms with Crippen LogP contribution in [0.5, 0.6) is 0 Å². The smallest absolute Gasteiger partial charge is 0.321 e. The molecular formula is C118H107F3N12O7S4. The molecule has 9 heterocycles. The Bertz CT molecular complexity index is 7560. The Morgan fingerprint density at radius 2 is 0.667 bits per heavy atom. The summed E-state index contributed by atoms with van der Waals surface area (Å²) in [7, 11) is 0. The number of terminal acetylenes is 2. The highest BCUT2D eigenvalue weighted by atomic mass is 32.1. The van der Waals surface area contributed by atoms with Crippen LogP contribution in [0.3, 0.4) is 0 Å². The second-order valence-electron chi connectivity index (χ2n) is 37.7. The maximum absolute atomic E-state index is 13.3. The highest BCUT2D eigenvalue weighted by molar-refractivity contribution is 7.15. The van der Waals surface area contributed by atoms with E-state index in [9.17, 15) is 62.5 Å². The molecule has 20 rings (SSSR count). The molecule has 0 spiro atoms. The molecule has 726 valence electrons. The first-order valence-corrected chi connectivity index (χ1v) is 52.6. The number of aryl methyl sites for hydroxylation is 2. The number of hydrogen-bond acceptors (Lipinski definition) is 19. The van der Waals surface area contributed by atoms with Crippen molar-refractivity contribution in [2.24, 2.45) is 23.7 Å². The minimum atomic E-state index is -4.43. The van der Waals surface area contributed by atoms with Crippen LogP contribution in [0, 0.1) is 96.2 Å². The van der Waals surface area contributed by atoms with Crippen molar-refractivity contribution >= 4 is 130 Å². The topological polar surface area (TPSA) is 275 Å². The molecule has 19 nitrogen and oxygen atoms in total. The van der Waals surface area contributed by atoms with E-state index >= 15 is 0 Å². The van der Waals surface area contributed by atoms with Gasteiger partial charge in [0.05, 0.1) is 114 Å². The molecule has 0 unspecified atom stereocenters. The fourth-order valence-corrected chi connectivity index (χ4v) is 24.4. The van der Waals surface area contributed by atoms with Crippen molar-refractivity contribution in [1.82, 2.24) is 43.2 Å². The van der Waals surface area contributed by atoms with Crippen molar-refractivity contribution < 1.29 is 46.7 Å². The summed E-state index contributed by atoms with van der Waals surface area (Å²) in [5.41, 5.74) is 12.0. The number of hydrogen-bond donors (Lipinski definition) is 0. The fraction of sp³-hybridized carbons (Fsp3) is 0.314. The van der Waals surface area contributed by atoms with Gasteiger partial charge in [-0.15, -0.1) is 58.2 Å². The molecule has 4 saturated carbocycles. The molecule has 8 atom stereocenters. The van der Waals surface area contributed by atoms with Crippen LogP contribution in [0.4, 0.5) is 13.2 Å². The Balaban J connectivity index is 0.000000132. The van der Waals surface area contributed by atoms with Crippen LogP contribution < -0.4 is 0 Å². The van der Waals surface area contributed by atoms with Crippen molar-refractivity contribution in [3.05, 3.63) is 296 Å². The Morgan fingerprint density at radius 1 is 0.361 bits per heavy atom. The molecule has 0 amide bonds. The van der Waals surface area contributed by atoms with Crippen LogP contribution in [0.1, 0.15) is 304 Å². The number of nitriles is 3. The summed E-state index contributed by atoms with van der Waals surface area (Å²) in [6, 6.07) is 71.5. The van der Waals surface area contributed by atoms with Gasteiger partial charge < -0.3 is 18.3 Å².